The summed E-state index contributed by atoms with van der Waals surface area (Å²) in [6.07, 6.45) is 3.17. The van der Waals surface area contributed by atoms with Crippen LogP contribution in [0.2, 0.25) is 0 Å². The van der Waals surface area contributed by atoms with Crippen molar-refractivity contribution in [3.05, 3.63) is 169 Å². The molecule has 0 aliphatic carbocycles. The van der Waals surface area contributed by atoms with Crippen LogP contribution in [-0.2, 0) is 20.1 Å². The number of nitrogens with zero attached hydrogens (tertiary/aromatic N) is 4. The molecule has 9 aromatic rings. The summed E-state index contributed by atoms with van der Waals surface area (Å²) in [6, 6.07) is 47.0. The summed E-state index contributed by atoms with van der Waals surface area (Å²) >= 11 is 0. The smallest absolute Gasteiger partial charge is 0.148 e. The molecule has 5 aromatic carbocycles. The predicted octanol–water partition coefficient (Wildman–Crippen LogP) is 11.7. The van der Waals surface area contributed by atoms with E-state index in [2.05, 4.69) is 107 Å². The van der Waals surface area contributed by atoms with Crippen molar-refractivity contribution >= 4 is 33.0 Å². The van der Waals surface area contributed by atoms with Crippen molar-refractivity contribution in [2.75, 3.05) is 0 Å². The molecule has 4 heterocycles. The van der Waals surface area contributed by atoms with Crippen LogP contribution in [-0.4, -0.2) is 19.5 Å². The third-order valence-electron chi connectivity index (χ3n) is 8.83. The maximum atomic E-state index is 7.28. The van der Waals surface area contributed by atoms with E-state index in [1.165, 1.54) is 30.0 Å². The van der Waals surface area contributed by atoms with Gasteiger partial charge in [-0.3, -0.25) is 4.57 Å². The van der Waals surface area contributed by atoms with Crippen LogP contribution in [0.1, 0.15) is 44.7 Å². The standard InChI is InChI=1S/C33H24N3O.C13H12N.Ir/c1-21(2)23-18-19-34-28(20-23)27-15-9-14-25-26-16-17-29-30(32(26)37-31(25)27)35-33(22-10-5-3-6-11-22)36(29)24-12-7-4-8-13-24;1-10-3-6-12(7-4-10)13-8-5-11(2)9-14-13;/h3-14,16-21H,1-2H3;3-6,8-9H,1-2H3;/q2*-1;/i;1D3,2D3;. The van der Waals surface area contributed by atoms with Gasteiger partial charge in [0.15, 0.2) is 0 Å². The second-order valence-electron chi connectivity index (χ2n) is 12.5. The second kappa shape index (κ2) is 14.9. The Hall–Kier alpha value is -5.68. The number of para-hydroxylation sites is 1. The van der Waals surface area contributed by atoms with Gasteiger partial charge >= 0.3 is 0 Å². The van der Waals surface area contributed by atoms with E-state index in [0.29, 0.717) is 17.2 Å². The normalized spacial score (nSPS) is 13.3. The van der Waals surface area contributed by atoms with Gasteiger partial charge in [-0.2, -0.15) is 0 Å². The molecule has 257 valence electrons. The Kier molecular flexibility index (Phi) is 8.01. The van der Waals surface area contributed by atoms with Gasteiger partial charge in [0.05, 0.1) is 11.1 Å². The summed E-state index contributed by atoms with van der Waals surface area (Å²) in [5, 5.41) is 2.08. The monoisotopic (exact) mass is 859 g/mol. The zero-order chi connectivity index (χ0) is 39.9. The van der Waals surface area contributed by atoms with Gasteiger partial charge in [-0.1, -0.05) is 104 Å². The van der Waals surface area contributed by atoms with E-state index in [4.69, 9.17) is 17.6 Å². The molecule has 1 radical (unpaired) electrons. The third kappa shape index (κ3) is 6.71. The van der Waals surface area contributed by atoms with Gasteiger partial charge in [-0.05, 0) is 60.1 Å². The van der Waals surface area contributed by atoms with E-state index in [0.717, 1.165) is 61.3 Å². The molecular formula is C46H36IrN4O-2. The Balaban J connectivity index is 0.000000208. The summed E-state index contributed by atoms with van der Waals surface area (Å²) in [5.41, 5.74) is 10.0. The van der Waals surface area contributed by atoms with E-state index in [9.17, 15) is 0 Å². The molecule has 5 nitrogen and oxygen atoms in total. The molecule has 0 saturated heterocycles. The van der Waals surface area contributed by atoms with E-state index in [-0.39, 0.29) is 31.2 Å². The van der Waals surface area contributed by atoms with Gasteiger partial charge in [0.1, 0.15) is 16.9 Å². The molecule has 0 aliphatic rings. The maximum absolute atomic E-state index is 7.28. The van der Waals surface area contributed by atoms with Crippen molar-refractivity contribution in [1.29, 1.82) is 0 Å². The van der Waals surface area contributed by atoms with Crippen LogP contribution >= 0.6 is 0 Å². The van der Waals surface area contributed by atoms with Crippen LogP contribution in [0.15, 0.2) is 144 Å². The van der Waals surface area contributed by atoms with E-state index < -0.39 is 13.7 Å². The largest absolute Gasteiger partial charge is 0.498 e. The first-order valence-electron chi connectivity index (χ1n) is 19.7. The van der Waals surface area contributed by atoms with Gasteiger partial charge in [0.25, 0.3) is 0 Å². The molecule has 0 bridgehead atoms. The molecule has 6 heteroatoms. The maximum Gasteiger partial charge on any atom is 0.148 e. The zero-order valence-corrected chi connectivity index (χ0v) is 30.8. The van der Waals surface area contributed by atoms with E-state index >= 15 is 0 Å². The van der Waals surface area contributed by atoms with Crippen LogP contribution < -0.4 is 0 Å². The number of imidazole rings is 1. The number of benzene rings is 5. The van der Waals surface area contributed by atoms with Crippen LogP contribution in [0, 0.1) is 25.8 Å². The molecule has 0 N–H and O–H groups in total. The van der Waals surface area contributed by atoms with Gasteiger partial charge in [-0.15, -0.1) is 53.6 Å². The quantitative estimate of drug-likeness (QED) is 0.162. The number of aryl methyl sites for hydroxylation is 2. The first-order valence-corrected chi connectivity index (χ1v) is 16.7. The van der Waals surface area contributed by atoms with Crippen molar-refractivity contribution in [1.82, 2.24) is 19.5 Å². The number of furan rings is 1. The number of pyridine rings is 2. The summed E-state index contributed by atoms with van der Waals surface area (Å²) in [6.45, 7) is 0.0391. The average Bonchev–Trinajstić information content (AvgIpc) is 3.81. The van der Waals surface area contributed by atoms with Gasteiger partial charge in [0.2, 0.25) is 0 Å². The Labute approximate surface area is 325 Å². The molecule has 0 atom stereocenters. The van der Waals surface area contributed by atoms with Crippen LogP contribution in [0.3, 0.4) is 0 Å². The molecule has 0 spiro atoms. The molecule has 0 saturated carbocycles. The van der Waals surface area contributed by atoms with E-state index in [1.54, 1.807) is 12.1 Å². The second-order valence-corrected chi connectivity index (χ2v) is 12.5. The molecule has 0 unspecified atom stereocenters. The van der Waals surface area contributed by atoms with Crippen molar-refractivity contribution in [3.8, 4) is 39.6 Å². The molecule has 0 aliphatic heterocycles. The minimum Gasteiger partial charge on any atom is -0.498 e. The van der Waals surface area contributed by atoms with Gasteiger partial charge < -0.3 is 14.4 Å². The Morgan fingerprint density at radius 3 is 2.21 bits per heavy atom. The van der Waals surface area contributed by atoms with Crippen LogP contribution in [0.4, 0.5) is 0 Å². The van der Waals surface area contributed by atoms with Gasteiger partial charge in [-0.25, -0.2) is 4.98 Å². The number of aromatic nitrogens is 4. The van der Waals surface area contributed by atoms with Crippen molar-refractivity contribution in [2.45, 2.75) is 33.5 Å². The molecular weight excluding hydrogens is 817 g/mol. The summed E-state index contributed by atoms with van der Waals surface area (Å²) < 4.78 is 52.5. The number of rotatable bonds is 5. The molecule has 9 rings (SSSR count). The van der Waals surface area contributed by atoms with E-state index in [1.807, 2.05) is 36.5 Å². The summed E-state index contributed by atoms with van der Waals surface area (Å²) in [7, 11) is 0. The van der Waals surface area contributed by atoms with Crippen LogP contribution in [0.25, 0.3) is 72.6 Å². The number of hydrogen-bond donors (Lipinski definition) is 0. The Morgan fingerprint density at radius 2 is 1.50 bits per heavy atom. The first-order chi connectivity index (χ1) is 27.4. The van der Waals surface area contributed by atoms with Crippen molar-refractivity contribution in [3.63, 3.8) is 0 Å². The van der Waals surface area contributed by atoms with Gasteiger partial charge in [0, 0.05) is 57.4 Å². The molecule has 0 fully saturated rings. The Morgan fingerprint density at radius 1 is 0.731 bits per heavy atom. The number of fused-ring (bicyclic) bond motifs is 5. The molecule has 52 heavy (non-hydrogen) atoms. The molecule has 4 aromatic heterocycles. The fourth-order valence-corrected chi connectivity index (χ4v) is 6.23. The fraction of sp³-hybridized carbons (Fsp3) is 0.109. The van der Waals surface area contributed by atoms with Crippen LogP contribution in [0.5, 0.6) is 0 Å². The predicted molar refractivity (Wildman–Crippen MR) is 208 cm³/mol. The minimum absolute atomic E-state index is 0. The third-order valence-corrected chi connectivity index (χ3v) is 8.83. The average molecular weight is 859 g/mol. The van der Waals surface area contributed by atoms with Crippen molar-refractivity contribution < 1.29 is 32.7 Å². The minimum atomic E-state index is -2.18. The first kappa shape index (κ1) is 28.0. The molecule has 0 amide bonds. The number of hydrogen-bond acceptors (Lipinski definition) is 4. The SMILES string of the molecule is CC(C)c1ccnc(-c2[c-]ccc3c2oc2c3ccc3c2nc(-c2ccccc2)n3-c2ccccc2)c1.[2H]C([2H])([2H])c1c[c-]c(-c2ccc(C([2H])([2H])[2H])cn2)cc1.[Ir]. The fourth-order valence-electron chi connectivity index (χ4n) is 6.23. The topological polar surface area (TPSA) is 56.7 Å². The summed E-state index contributed by atoms with van der Waals surface area (Å²) in [4.78, 5) is 13.9. The van der Waals surface area contributed by atoms with Crippen molar-refractivity contribution in [2.24, 2.45) is 0 Å². The zero-order valence-electron chi connectivity index (χ0n) is 34.4. The Bertz CT molecular complexity index is 2780. The summed E-state index contributed by atoms with van der Waals surface area (Å²) in [5.74, 6) is 1.29.